The third kappa shape index (κ3) is 9.81. The van der Waals surface area contributed by atoms with Crippen molar-refractivity contribution in [3.63, 3.8) is 0 Å². The Morgan fingerprint density at radius 2 is 1.52 bits per heavy atom. The molecule has 0 heterocycles. The Labute approximate surface area is 179 Å². The van der Waals surface area contributed by atoms with Crippen LogP contribution in [-0.4, -0.2) is 56.2 Å². The lowest BCUT2D eigenvalue weighted by atomic mass is 10.1. The highest BCUT2D eigenvalue weighted by Crippen LogP contribution is 2.30. The summed E-state index contributed by atoms with van der Waals surface area (Å²) in [7, 11) is 0. The van der Waals surface area contributed by atoms with Gasteiger partial charge in [0.05, 0.1) is 13.2 Å². The number of benzene rings is 1. The molecule has 0 unspecified atom stereocenters. The molecular weight excluding hydrogens is 414 g/mol. The molecule has 0 bridgehead atoms. The summed E-state index contributed by atoms with van der Waals surface area (Å²) >= 11 is 0. The van der Waals surface area contributed by atoms with Crippen molar-refractivity contribution in [2.24, 2.45) is 5.73 Å². The average molecular weight is 441 g/mol. The van der Waals surface area contributed by atoms with Gasteiger partial charge in [-0.05, 0) is 44.9 Å². The summed E-state index contributed by atoms with van der Waals surface area (Å²) in [6.07, 6.45) is -2.57. The molecule has 172 valence electrons. The van der Waals surface area contributed by atoms with Crippen LogP contribution in [0.5, 0.6) is 11.5 Å². The standard InChI is InChI=1S/C20H27NO10/c1-5-26-19(24)30-16-8-7-14(10-17(16)31-20(25)27-6-2)9-15(21)18(23)28-11-12(3)29-13(4)22/h7-8,10,12,15H,5-6,9,11,21H2,1-4H3/t12-,15-/m0/s1. The minimum atomic E-state index is -1.04. The maximum Gasteiger partial charge on any atom is 0.513 e. The topological polar surface area (TPSA) is 150 Å². The zero-order chi connectivity index (χ0) is 23.4. The lowest BCUT2D eigenvalue weighted by Crippen LogP contribution is -2.36. The molecular formula is C20H27NO10. The second-order valence-corrected chi connectivity index (χ2v) is 6.21. The number of ether oxygens (including phenoxy) is 6. The lowest BCUT2D eigenvalue weighted by Gasteiger charge is -2.16. The van der Waals surface area contributed by atoms with Gasteiger partial charge in [0.25, 0.3) is 0 Å². The van der Waals surface area contributed by atoms with E-state index in [4.69, 9.17) is 34.2 Å². The van der Waals surface area contributed by atoms with Crippen LogP contribution < -0.4 is 15.2 Å². The van der Waals surface area contributed by atoms with E-state index in [-0.39, 0.29) is 37.7 Å². The van der Waals surface area contributed by atoms with Crippen LogP contribution in [-0.2, 0) is 35.0 Å². The molecule has 0 aromatic heterocycles. The molecule has 0 amide bonds. The van der Waals surface area contributed by atoms with E-state index < -0.39 is 36.4 Å². The molecule has 0 saturated carbocycles. The number of carbonyl (C=O) groups excluding carboxylic acids is 4. The van der Waals surface area contributed by atoms with Crippen LogP contribution in [0.15, 0.2) is 18.2 Å². The van der Waals surface area contributed by atoms with Crippen molar-refractivity contribution in [2.75, 3.05) is 19.8 Å². The van der Waals surface area contributed by atoms with Gasteiger partial charge in [-0.1, -0.05) is 6.07 Å². The third-order valence-electron chi connectivity index (χ3n) is 3.50. The number of esters is 2. The van der Waals surface area contributed by atoms with Crippen molar-refractivity contribution in [3.8, 4) is 11.5 Å². The van der Waals surface area contributed by atoms with E-state index in [1.54, 1.807) is 20.8 Å². The van der Waals surface area contributed by atoms with Crippen LogP contribution in [0.3, 0.4) is 0 Å². The molecule has 1 aromatic rings. The summed E-state index contributed by atoms with van der Waals surface area (Å²) < 4.78 is 29.4. The molecule has 1 rings (SSSR count). The van der Waals surface area contributed by atoms with E-state index in [0.29, 0.717) is 5.56 Å². The summed E-state index contributed by atoms with van der Waals surface area (Å²) in [5.74, 6) is -1.40. The Hall–Kier alpha value is -3.34. The number of carbonyl (C=O) groups is 4. The molecule has 0 saturated heterocycles. The number of hydrogen-bond donors (Lipinski definition) is 1. The average Bonchev–Trinajstić information content (AvgIpc) is 2.67. The van der Waals surface area contributed by atoms with Gasteiger partial charge < -0.3 is 34.2 Å². The fourth-order valence-corrected chi connectivity index (χ4v) is 2.28. The zero-order valence-electron chi connectivity index (χ0n) is 17.9. The van der Waals surface area contributed by atoms with Crippen LogP contribution in [0.1, 0.15) is 33.3 Å². The predicted octanol–water partition coefficient (Wildman–Crippen LogP) is 2.12. The first-order valence-electron chi connectivity index (χ1n) is 9.57. The first-order chi connectivity index (χ1) is 14.7. The Kier molecular flexibility index (Phi) is 10.8. The number of rotatable bonds is 10. The normalized spacial score (nSPS) is 12.2. The third-order valence-corrected chi connectivity index (χ3v) is 3.50. The van der Waals surface area contributed by atoms with Crippen molar-refractivity contribution >= 4 is 24.2 Å². The number of hydrogen-bond acceptors (Lipinski definition) is 11. The molecule has 0 aliphatic rings. The van der Waals surface area contributed by atoms with E-state index in [1.165, 1.54) is 25.1 Å². The SMILES string of the molecule is CCOC(=O)Oc1ccc(C[C@H](N)C(=O)OC[C@H](C)OC(C)=O)cc1OC(=O)OCC. The quantitative estimate of drug-likeness (QED) is 0.323. The van der Waals surface area contributed by atoms with Crippen molar-refractivity contribution in [2.45, 2.75) is 46.3 Å². The Morgan fingerprint density at radius 3 is 2.06 bits per heavy atom. The molecule has 2 N–H and O–H groups in total. The predicted molar refractivity (Wildman–Crippen MR) is 106 cm³/mol. The fourth-order valence-electron chi connectivity index (χ4n) is 2.28. The minimum Gasteiger partial charge on any atom is -0.461 e. The van der Waals surface area contributed by atoms with Gasteiger partial charge in [0.2, 0.25) is 0 Å². The molecule has 0 aliphatic carbocycles. The molecule has 31 heavy (non-hydrogen) atoms. The number of nitrogens with two attached hydrogens (primary N) is 1. The summed E-state index contributed by atoms with van der Waals surface area (Å²) in [6.45, 7) is 6.05. The van der Waals surface area contributed by atoms with E-state index in [9.17, 15) is 19.2 Å². The van der Waals surface area contributed by atoms with E-state index in [2.05, 4.69) is 0 Å². The van der Waals surface area contributed by atoms with Gasteiger partial charge in [-0.15, -0.1) is 0 Å². The smallest absolute Gasteiger partial charge is 0.461 e. The van der Waals surface area contributed by atoms with Crippen molar-refractivity contribution in [1.29, 1.82) is 0 Å². The molecule has 0 fully saturated rings. The van der Waals surface area contributed by atoms with Gasteiger partial charge >= 0.3 is 24.2 Å². The summed E-state index contributed by atoms with van der Waals surface area (Å²) in [5, 5.41) is 0. The highest BCUT2D eigenvalue weighted by Gasteiger charge is 2.21. The van der Waals surface area contributed by atoms with Crippen LogP contribution in [0.4, 0.5) is 9.59 Å². The molecule has 11 heteroatoms. The monoisotopic (exact) mass is 441 g/mol. The molecule has 0 spiro atoms. The van der Waals surface area contributed by atoms with Crippen LogP contribution >= 0.6 is 0 Å². The summed E-state index contributed by atoms with van der Waals surface area (Å²) in [5.41, 5.74) is 6.37. The first kappa shape index (κ1) is 25.7. The van der Waals surface area contributed by atoms with Gasteiger partial charge in [0.15, 0.2) is 11.5 Å². The highest BCUT2D eigenvalue weighted by atomic mass is 16.7. The van der Waals surface area contributed by atoms with Crippen molar-refractivity contribution in [3.05, 3.63) is 23.8 Å². The van der Waals surface area contributed by atoms with Crippen LogP contribution in [0.2, 0.25) is 0 Å². The molecule has 2 atom stereocenters. The zero-order valence-corrected chi connectivity index (χ0v) is 17.9. The van der Waals surface area contributed by atoms with Crippen LogP contribution in [0, 0.1) is 0 Å². The second kappa shape index (κ2) is 13.1. The maximum atomic E-state index is 12.1. The Morgan fingerprint density at radius 1 is 0.935 bits per heavy atom. The van der Waals surface area contributed by atoms with Crippen LogP contribution in [0.25, 0.3) is 0 Å². The van der Waals surface area contributed by atoms with E-state index >= 15 is 0 Å². The van der Waals surface area contributed by atoms with Crippen molar-refractivity contribution < 1.29 is 47.6 Å². The van der Waals surface area contributed by atoms with Gasteiger partial charge in [-0.25, -0.2) is 9.59 Å². The first-order valence-corrected chi connectivity index (χ1v) is 9.57. The largest absolute Gasteiger partial charge is 0.513 e. The summed E-state index contributed by atoms with van der Waals surface area (Å²) in [6, 6.07) is 3.22. The van der Waals surface area contributed by atoms with Gasteiger partial charge in [-0.2, -0.15) is 0 Å². The molecule has 1 aromatic carbocycles. The maximum absolute atomic E-state index is 12.1. The van der Waals surface area contributed by atoms with Gasteiger partial charge in [-0.3, -0.25) is 9.59 Å². The molecule has 11 nitrogen and oxygen atoms in total. The molecule has 0 aliphatic heterocycles. The van der Waals surface area contributed by atoms with E-state index in [1.807, 2.05) is 0 Å². The van der Waals surface area contributed by atoms with Gasteiger partial charge in [0.1, 0.15) is 18.8 Å². The van der Waals surface area contributed by atoms with Gasteiger partial charge in [0, 0.05) is 6.92 Å². The lowest BCUT2D eigenvalue weighted by molar-refractivity contribution is -0.157. The second-order valence-electron chi connectivity index (χ2n) is 6.21. The highest BCUT2D eigenvalue weighted by molar-refractivity contribution is 5.76. The fraction of sp³-hybridized carbons (Fsp3) is 0.500. The Bertz CT molecular complexity index is 779. The van der Waals surface area contributed by atoms with E-state index in [0.717, 1.165) is 0 Å². The Balaban J connectivity index is 2.86. The van der Waals surface area contributed by atoms with Crippen molar-refractivity contribution in [1.82, 2.24) is 0 Å². The molecule has 0 radical (unpaired) electrons. The summed E-state index contributed by atoms with van der Waals surface area (Å²) in [4.78, 5) is 46.3. The minimum absolute atomic E-state index is 0.0274.